The molecule has 0 heterocycles. The lowest BCUT2D eigenvalue weighted by atomic mass is 10.0. The van der Waals surface area contributed by atoms with E-state index in [2.05, 4.69) is 6.92 Å². The fraction of sp³-hybridized carbons (Fsp3) is 0.944. The maximum absolute atomic E-state index is 13.0. The number of alkyl halides is 2. The Bertz CT molecular complexity index is 480. The molecule has 0 fully saturated rings. The maximum Gasteiger partial charge on any atom is 0.380 e. The SMILES string of the molecule is CCCCCCCCCCCCCC(C)OC(=O)CC(F)(F)S(=O)(=O)O. The summed E-state index contributed by atoms with van der Waals surface area (Å²) in [6.45, 7) is 3.79. The summed E-state index contributed by atoms with van der Waals surface area (Å²) < 4.78 is 60.1. The Morgan fingerprint density at radius 1 is 0.962 bits per heavy atom. The molecule has 0 saturated heterocycles. The van der Waals surface area contributed by atoms with Crippen molar-refractivity contribution in [2.45, 2.75) is 109 Å². The third-order valence-electron chi connectivity index (χ3n) is 4.27. The minimum atomic E-state index is -5.61. The highest BCUT2D eigenvalue weighted by atomic mass is 32.2. The van der Waals surface area contributed by atoms with E-state index in [1.54, 1.807) is 6.92 Å². The fourth-order valence-corrected chi connectivity index (χ4v) is 2.98. The summed E-state index contributed by atoms with van der Waals surface area (Å²) in [6.07, 6.45) is 11.4. The molecule has 8 heteroatoms. The van der Waals surface area contributed by atoms with E-state index in [0.29, 0.717) is 6.42 Å². The van der Waals surface area contributed by atoms with E-state index < -0.39 is 33.9 Å². The molecule has 0 aromatic carbocycles. The number of hydrogen-bond acceptors (Lipinski definition) is 4. The average molecular weight is 401 g/mol. The van der Waals surface area contributed by atoms with E-state index in [0.717, 1.165) is 19.3 Å². The number of carbonyl (C=O) groups is 1. The predicted octanol–water partition coefficient (Wildman–Crippen LogP) is 5.49. The molecular weight excluding hydrogens is 366 g/mol. The van der Waals surface area contributed by atoms with Gasteiger partial charge in [-0.15, -0.1) is 0 Å². The fourth-order valence-electron chi connectivity index (χ4n) is 2.68. The molecule has 0 aliphatic carbocycles. The lowest BCUT2D eigenvalue weighted by Gasteiger charge is -2.16. The van der Waals surface area contributed by atoms with Crippen molar-refractivity contribution in [3.63, 3.8) is 0 Å². The molecule has 1 atom stereocenters. The Morgan fingerprint density at radius 3 is 1.81 bits per heavy atom. The first kappa shape index (κ1) is 25.2. The molecule has 0 aliphatic rings. The van der Waals surface area contributed by atoms with Gasteiger partial charge in [0, 0.05) is 0 Å². The van der Waals surface area contributed by atoms with Gasteiger partial charge in [-0.25, -0.2) is 0 Å². The standard InChI is InChI=1S/C18H34F2O5S/c1-3-4-5-6-7-8-9-10-11-12-13-14-16(2)25-17(21)15-18(19,20)26(22,23)24/h16H,3-15H2,1-2H3,(H,22,23,24). The molecule has 0 saturated carbocycles. The van der Waals surface area contributed by atoms with Gasteiger partial charge in [0.2, 0.25) is 0 Å². The highest BCUT2D eigenvalue weighted by molar-refractivity contribution is 7.86. The van der Waals surface area contributed by atoms with Crippen LogP contribution in [0.2, 0.25) is 0 Å². The molecule has 0 aromatic rings. The lowest BCUT2D eigenvalue weighted by molar-refractivity contribution is -0.153. The van der Waals surface area contributed by atoms with Gasteiger partial charge in [-0.3, -0.25) is 9.35 Å². The Morgan fingerprint density at radius 2 is 1.38 bits per heavy atom. The van der Waals surface area contributed by atoms with Crippen LogP contribution in [0.25, 0.3) is 0 Å². The first-order chi connectivity index (χ1) is 12.1. The van der Waals surface area contributed by atoms with Crippen LogP contribution in [0.5, 0.6) is 0 Å². The van der Waals surface area contributed by atoms with Gasteiger partial charge in [0.1, 0.15) is 6.42 Å². The molecule has 1 N–H and O–H groups in total. The number of carbonyl (C=O) groups excluding carboxylic acids is 1. The monoisotopic (exact) mass is 400 g/mol. The Labute approximate surface area is 156 Å². The summed E-state index contributed by atoms with van der Waals surface area (Å²) in [7, 11) is -5.61. The Hall–Kier alpha value is -0.760. The van der Waals surface area contributed by atoms with Crippen LogP contribution in [-0.2, 0) is 19.6 Å². The summed E-state index contributed by atoms with van der Waals surface area (Å²) >= 11 is 0. The van der Waals surface area contributed by atoms with E-state index in [-0.39, 0.29) is 0 Å². The summed E-state index contributed by atoms with van der Waals surface area (Å²) in [5, 5.41) is -4.51. The minimum Gasteiger partial charge on any atom is -0.462 e. The quantitative estimate of drug-likeness (QED) is 0.210. The number of halogens is 2. The third kappa shape index (κ3) is 12.6. The van der Waals surface area contributed by atoms with E-state index in [9.17, 15) is 22.0 Å². The van der Waals surface area contributed by atoms with E-state index in [1.165, 1.54) is 51.4 Å². The van der Waals surface area contributed by atoms with Crippen LogP contribution in [0.1, 0.15) is 97.3 Å². The van der Waals surface area contributed by atoms with Crippen molar-refractivity contribution >= 4 is 16.1 Å². The van der Waals surface area contributed by atoms with Crippen LogP contribution in [-0.4, -0.2) is 30.3 Å². The van der Waals surface area contributed by atoms with Gasteiger partial charge in [-0.2, -0.15) is 17.2 Å². The van der Waals surface area contributed by atoms with Gasteiger partial charge in [0.15, 0.2) is 0 Å². The molecule has 26 heavy (non-hydrogen) atoms. The van der Waals surface area contributed by atoms with Crippen LogP contribution in [0.3, 0.4) is 0 Å². The van der Waals surface area contributed by atoms with Crippen molar-refractivity contribution in [2.75, 3.05) is 0 Å². The zero-order valence-corrected chi connectivity index (χ0v) is 16.8. The Balaban J connectivity index is 3.66. The van der Waals surface area contributed by atoms with Gasteiger partial charge in [0.25, 0.3) is 0 Å². The molecule has 0 amide bonds. The molecule has 1 unspecified atom stereocenters. The second-order valence-corrected chi connectivity index (χ2v) is 8.46. The van der Waals surface area contributed by atoms with Crippen molar-refractivity contribution in [3.8, 4) is 0 Å². The van der Waals surface area contributed by atoms with E-state index >= 15 is 0 Å². The molecule has 0 rings (SSSR count). The topological polar surface area (TPSA) is 80.7 Å². The highest BCUT2D eigenvalue weighted by Crippen LogP contribution is 2.25. The summed E-state index contributed by atoms with van der Waals surface area (Å²) in [5.41, 5.74) is 0. The van der Waals surface area contributed by atoms with Crippen molar-refractivity contribution in [1.82, 2.24) is 0 Å². The van der Waals surface area contributed by atoms with Gasteiger partial charge in [0.05, 0.1) is 6.10 Å². The molecule has 156 valence electrons. The zero-order chi connectivity index (χ0) is 20.1. The lowest BCUT2D eigenvalue weighted by Crippen LogP contribution is -2.32. The third-order valence-corrected chi connectivity index (χ3v) is 5.17. The van der Waals surface area contributed by atoms with Crippen molar-refractivity contribution in [1.29, 1.82) is 0 Å². The van der Waals surface area contributed by atoms with E-state index in [1.807, 2.05) is 0 Å². The van der Waals surface area contributed by atoms with Crippen LogP contribution >= 0.6 is 0 Å². The largest absolute Gasteiger partial charge is 0.462 e. The zero-order valence-electron chi connectivity index (χ0n) is 16.0. The summed E-state index contributed by atoms with van der Waals surface area (Å²) in [5.74, 6) is -1.33. The van der Waals surface area contributed by atoms with Gasteiger partial charge in [-0.1, -0.05) is 71.1 Å². The van der Waals surface area contributed by atoms with Crippen LogP contribution in [0.4, 0.5) is 8.78 Å². The molecular formula is C18H34F2O5S. The van der Waals surface area contributed by atoms with Crippen LogP contribution < -0.4 is 0 Å². The number of hydrogen-bond donors (Lipinski definition) is 1. The molecule has 0 spiro atoms. The highest BCUT2D eigenvalue weighted by Gasteiger charge is 2.46. The number of rotatable bonds is 16. The number of unbranched alkanes of at least 4 members (excludes halogenated alkanes) is 10. The van der Waals surface area contributed by atoms with Crippen LogP contribution in [0, 0.1) is 0 Å². The summed E-state index contributed by atoms with van der Waals surface area (Å²) in [6, 6.07) is 0. The molecule has 0 bridgehead atoms. The Kier molecular flexibility index (Phi) is 13.0. The average Bonchev–Trinajstić information content (AvgIpc) is 2.50. The number of ether oxygens (including phenoxy) is 1. The number of esters is 1. The molecule has 5 nitrogen and oxygen atoms in total. The van der Waals surface area contributed by atoms with Gasteiger partial charge < -0.3 is 4.74 Å². The molecule has 0 radical (unpaired) electrons. The second-order valence-electron chi connectivity index (χ2n) is 6.91. The minimum absolute atomic E-state index is 0.542. The first-order valence-electron chi connectivity index (χ1n) is 9.64. The van der Waals surface area contributed by atoms with E-state index in [4.69, 9.17) is 9.29 Å². The van der Waals surface area contributed by atoms with Gasteiger partial charge >= 0.3 is 21.3 Å². The second kappa shape index (κ2) is 13.4. The van der Waals surface area contributed by atoms with Crippen molar-refractivity contribution in [2.24, 2.45) is 0 Å². The summed E-state index contributed by atoms with van der Waals surface area (Å²) in [4.78, 5) is 11.3. The van der Waals surface area contributed by atoms with Crippen molar-refractivity contribution < 1.29 is 31.3 Å². The smallest absolute Gasteiger partial charge is 0.380 e. The molecule has 0 aliphatic heterocycles. The predicted molar refractivity (Wildman–Crippen MR) is 97.7 cm³/mol. The van der Waals surface area contributed by atoms with Gasteiger partial charge in [-0.05, 0) is 19.8 Å². The normalized spacial score (nSPS) is 13.6. The molecule has 0 aromatic heterocycles. The van der Waals surface area contributed by atoms with Crippen LogP contribution in [0.15, 0.2) is 0 Å². The maximum atomic E-state index is 13.0. The first-order valence-corrected chi connectivity index (χ1v) is 11.1. The van der Waals surface area contributed by atoms with Crippen molar-refractivity contribution in [3.05, 3.63) is 0 Å².